The van der Waals surface area contributed by atoms with Crippen LogP contribution in [0.1, 0.15) is 206 Å². The number of hydrogen-bond acceptors (Lipinski definition) is 34. The largest absolute Gasteiger partial charge is 0.497 e. The van der Waals surface area contributed by atoms with Crippen molar-refractivity contribution in [3.05, 3.63) is 159 Å². The number of carbonyl (C=O) groups excluding carboxylic acids is 12. The molecule has 798 valence electrons. The number of nitrogens with two attached hydrogens (primary N) is 2. The summed E-state index contributed by atoms with van der Waals surface area (Å²) in [5, 5.41) is 81.4. The number of aromatic nitrogens is 8. The normalized spacial score (nSPS) is 19.3. The van der Waals surface area contributed by atoms with E-state index in [9.17, 15) is 107 Å². The molecule has 146 heavy (non-hydrogen) atoms. The Bertz CT molecular complexity index is 5660. The number of ether oxygens (including phenoxy) is 7. The van der Waals surface area contributed by atoms with Gasteiger partial charge >= 0.3 is 29.5 Å². The van der Waals surface area contributed by atoms with Crippen LogP contribution in [0.5, 0.6) is 5.75 Å². The first-order chi connectivity index (χ1) is 69.4. The van der Waals surface area contributed by atoms with E-state index < -0.39 is 211 Å². The fourth-order valence-electron chi connectivity index (χ4n) is 15.7. The predicted octanol–water partition coefficient (Wildman–Crippen LogP) is 3.50. The van der Waals surface area contributed by atoms with Gasteiger partial charge < -0.3 is 137 Å². The molecule has 10 rings (SSSR count). The molecule has 8 amide bonds. The van der Waals surface area contributed by atoms with Crippen LogP contribution >= 0.6 is 0 Å². The third-order valence-electron chi connectivity index (χ3n) is 23.4. The molecule has 8 unspecified atom stereocenters. The lowest BCUT2D eigenvalue weighted by Crippen LogP contribution is -2.58. The third-order valence-corrected chi connectivity index (χ3v) is 23.4. The topological polar surface area (TPSA) is 668 Å². The lowest BCUT2D eigenvalue weighted by atomic mass is 9.98. The van der Waals surface area contributed by atoms with Gasteiger partial charge in [0.05, 0.1) is 70.3 Å². The highest BCUT2D eigenvalue weighted by atomic mass is 19.1. The van der Waals surface area contributed by atoms with Crippen LogP contribution in [0.3, 0.4) is 0 Å². The highest BCUT2D eigenvalue weighted by Gasteiger charge is 2.48. The minimum Gasteiger partial charge on any atom is -0.497 e. The van der Waals surface area contributed by atoms with Gasteiger partial charge in [-0.15, -0.1) is 0 Å². The van der Waals surface area contributed by atoms with Gasteiger partial charge in [0.25, 0.3) is 0 Å². The number of methoxy groups -OCH3 is 1. The molecule has 3 fully saturated rings. The van der Waals surface area contributed by atoms with Crippen LogP contribution < -0.4 is 75.0 Å². The summed E-state index contributed by atoms with van der Waals surface area (Å²) in [5.74, 6) is -8.34. The van der Waals surface area contributed by atoms with Gasteiger partial charge in [0, 0.05) is 58.7 Å². The fraction of sp³-hybridized carbons (Fsp3) is 0.546. The fourth-order valence-corrected chi connectivity index (χ4v) is 15.7. The number of amides is 8. The van der Waals surface area contributed by atoms with Crippen LogP contribution in [0.15, 0.2) is 125 Å². The number of nitrogens with one attached hydrogen (secondary N) is 8. The number of ketones is 3. The number of aliphatic hydroxyl groups excluding tert-OH is 6. The maximum atomic E-state index is 14.8. The maximum Gasteiger partial charge on any atom is 0.408 e. The summed E-state index contributed by atoms with van der Waals surface area (Å²) in [5.41, 5.74) is 11.0. The number of aliphatic hydroxyl groups is 6. The number of benzene rings is 3. The number of esters is 1. The van der Waals surface area contributed by atoms with Gasteiger partial charge in [-0.25, -0.2) is 42.9 Å². The standard InChI is InChI=1S/C45H68N12O11.2C26H33FN4O8/c1-26(59)12-9-8-10-14-30(53-33(60)22-49-40(63)28(13-11-19-48-44(46)47)21-34(61)68-45(2,3)4)41(64)54-31(20-27-15-17-29(66-7)18-16-27)42(65)55-35-32(23-58)67-43(37(35)62)57-25-52-36-38(56(5)6)50-24-51-39(36)57;1-15(32)9-5-3-8-12-19(28-26(37)38-14-17-10-6-4-7-11-17)23(35)29-22-18(27)13-31(25(36)30-22)24-21(34)20(33)16(2)39-24;1-16(33)8-4-2-7-11-19(28-26(37)38-15-17-9-5-3-6-10-17)24(35)29-23-18(27)13-31(25(36)30-23)22-12-20(34)21(14-32)39-22/h15-18,24-25,28,30-32,35,37,43,58,62H,8-14,19-23H2,1-7H3,(H,49,63)(H,53,60)(H,54,64)(H,55,65)(H4,46,47,48);4,6-7,10-11,13,16,19-21,24,33-34H,3,5,8-9,12,14H2,1-2H3,(H,28,37)(H,29,30,35,36);3,5-6,9-10,13,19-22,32,34H,2,4,7-8,11-12,14-15H2,1H3,(H,28,37)(H,29,30,35,36)/t28?,30?,31?,32-,35?,37+,43-;16-,19?,20?,21+,24-;19?,20?,21-,22-/m111/s1. The summed E-state index contributed by atoms with van der Waals surface area (Å²) in [6.07, 6.45) is -2.41. The van der Waals surface area contributed by atoms with Gasteiger partial charge in [0.15, 0.2) is 58.7 Å². The summed E-state index contributed by atoms with van der Waals surface area (Å²) in [6.45, 7) is 9.56. The number of imidazole rings is 1. The lowest BCUT2D eigenvalue weighted by molar-refractivity contribution is -0.157. The molecule has 18 N–H and O–H groups in total. The van der Waals surface area contributed by atoms with Crippen molar-refractivity contribution in [3.63, 3.8) is 0 Å². The number of fused-ring (bicyclic) bond motifs is 1. The van der Waals surface area contributed by atoms with Crippen molar-refractivity contribution >= 4 is 106 Å². The number of halogens is 2. The number of alkyl carbamates (subject to hydrolysis) is 2. The summed E-state index contributed by atoms with van der Waals surface area (Å²) >= 11 is 0. The van der Waals surface area contributed by atoms with Crippen molar-refractivity contribution in [2.75, 3.05) is 63.0 Å². The zero-order valence-corrected chi connectivity index (χ0v) is 83.2. The highest BCUT2D eigenvalue weighted by molar-refractivity contribution is 5.97. The van der Waals surface area contributed by atoms with E-state index in [-0.39, 0.29) is 88.0 Å². The Hall–Kier alpha value is -13.8. The minimum absolute atomic E-state index is 0.00952. The number of guanidine groups is 1. The second-order valence-corrected chi connectivity index (χ2v) is 36.6. The zero-order valence-electron chi connectivity index (χ0n) is 83.2. The van der Waals surface area contributed by atoms with Gasteiger partial charge in [-0.2, -0.15) is 9.97 Å². The molecule has 7 aromatic rings. The smallest absolute Gasteiger partial charge is 0.408 e. The molecule has 0 saturated carbocycles. The van der Waals surface area contributed by atoms with Gasteiger partial charge in [-0.05, 0) is 129 Å². The summed E-state index contributed by atoms with van der Waals surface area (Å²) < 4.78 is 70.6. The Morgan fingerprint density at radius 1 is 0.568 bits per heavy atom. The number of Topliss-reactive ketones (excluding diaryl/α,β-unsaturated/α-hetero) is 3. The maximum absolute atomic E-state index is 14.8. The van der Waals surface area contributed by atoms with E-state index in [1.807, 2.05) is 12.1 Å². The van der Waals surface area contributed by atoms with Crippen LogP contribution in [0.25, 0.3) is 11.2 Å². The van der Waals surface area contributed by atoms with Gasteiger partial charge in [-0.3, -0.25) is 52.3 Å². The first-order valence-electron chi connectivity index (χ1n) is 47.9. The summed E-state index contributed by atoms with van der Waals surface area (Å²) in [7, 11) is 5.09. The Labute approximate surface area is 840 Å². The zero-order chi connectivity index (χ0) is 107. The molecule has 0 spiro atoms. The van der Waals surface area contributed by atoms with Crippen LogP contribution in [0.4, 0.5) is 35.8 Å². The number of nitrogens with zero attached hydrogens (tertiary/aromatic N) is 10. The molecule has 0 radical (unpaired) electrons. The number of carbonyl (C=O) groups is 12. The number of hydrogen-bond donors (Lipinski definition) is 16. The molecule has 0 bridgehead atoms. The Balaban J connectivity index is 0.000000285. The summed E-state index contributed by atoms with van der Waals surface area (Å²) in [6, 6.07) is 18.7. The second-order valence-electron chi connectivity index (χ2n) is 36.6. The monoisotopic (exact) mass is 2050 g/mol. The van der Waals surface area contributed by atoms with Crippen LogP contribution in [0, 0.1) is 17.6 Å². The Kier molecular flexibility index (Phi) is 46.9. The molecule has 49 heteroatoms. The molecular formula is C97H134F2N20O27. The molecule has 4 aromatic heterocycles. The average Bonchev–Trinajstić information content (AvgIpc) is 1.61. The van der Waals surface area contributed by atoms with E-state index in [1.165, 1.54) is 52.0 Å². The average molecular weight is 2050 g/mol. The third kappa shape index (κ3) is 37.7. The van der Waals surface area contributed by atoms with E-state index >= 15 is 0 Å². The van der Waals surface area contributed by atoms with Crippen molar-refractivity contribution in [2.45, 2.75) is 287 Å². The minimum atomic E-state index is -1.49. The van der Waals surface area contributed by atoms with Crippen molar-refractivity contribution in [3.8, 4) is 5.75 Å². The van der Waals surface area contributed by atoms with Gasteiger partial charge in [-0.1, -0.05) is 111 Å². The van der Waals surface area contributed by atoms with E-state index in [0.717, 1.165) is 21.9 Å². The van der Waals surface area contributed by atoms with E-state index in [2.05, 4.69) is 72.4 Å². The lowest BCUT2D eigenvalue weighted by Gasteiger charge is -2.27. The van der Waals surface area contributed by atoms with Crippen molar-refractivity contribution < 1.29 is 130 Å². The Morgan fingerprint density at radius 2 is 1.08 bits per heavy atom. The molecule has 7 heterocycles. The molecule has 0 aliphatic carbocycles. The van der Waals surface area contributed by atoms with Gasteiger partial charge in [0.2, 0.25) is 35.4 Å². The SMILES string of the molecule is CC(=O)CCCCCC(NC(=O)OCc1ccccc1)C(=O)Nc1nc(=O)n([C@@H]2O[C@H](C)C(O)[C@@H]2O)cc1F.CC(=O)CCCCCC(NC(=O)OCc1ccccc1)C(=O)Nc1nc(=O)n([C@H]2CC(O)[C@@H](CO)O2)cc1F.COc1ccc(CC(NC(=O)C(CCCCCC(C)=O)NC(=O)CNC(=O)C(CCCN=C(N)N)CC(=O)OC(C)(C)C)C(=O)NC2[C@@H](CO)O[C@@H](n3cnc4c(N(C)C)ncnc43)[C@H]2O)cc1. The van der Waals surface area contributed by atoms with E-state index in [0.29, 0.717) is 123 Å². The highest BCUT2D eigenvalue weighted by Crippen LogP contribution is 2.35. The van der Waals surface area contributed by atoms with E-state index in [4.69, 9.17) is 44.6 Å². The molecule has 3 aromatic carbocycles. The number of rotatable bonds is 51. The second kappa shape index (κ2) is 58.4. The molecule has 16 atom stereocenters. The Morgan fingerprint density at radius 3 is 1.56 bits per heavy atom. The number of unbranched alkanes of at least 4 members (excludes halogenated alkanes) is 6. The van der Waals surface area contributed by atoms with Crippen molar-refractivity contribution in [2.24, 2.45) is 22.4 Å². The van der Waals surface area contributed by atoms with Crippen molar-refractivity contribution in [1.82, 2.24) is 70.5 Å². The van der Waals surface area contributed by atoms with Crippen LogP contribution in [0.2, 0.25) is 0 Å². The molecule has 3 saturated heterocycles. The first-order valence-corrected chi connectivity index (χ1v) is 47.9. The number of anilines is 3. The molecule has 47 nitrogen and oxygen atoms in total. The van der Waals surface area contributed by atoms with E-state index in [1.54, 1.807) is 113 Å². The van der Waals surface area contributed by atoms with Crippen molar-refractivity contribution in [1.29, 1.82) is 0 Å². The van der Waals surface area contributed by atoms with Crippen LogP contribution in [-0.2, 0) is 96.0 Å². The summed E-state index contributed by atoms with van der Waals surface area (Å²) in [4.78, 5) is 204. The molecular weight excluding hydrogens is 1920 g/mol. The first kappa shape index (κ1) is 117. The van der Waals surface area contributed by atoms with Gasteiger partial charge in [0.1, 0.15) is 109 Å². The van der Waals surface area contributed by atoms with Crippen LogP contribution in [-0.4, -0.2) is 272 Å². The predicted molar refractivity (Wildman–Crippen MR) is 522 cm³/mol. The molecule has 3 aliphatic rings. The molecule has 3 aliphatic heterocycles. The number of aliphatic imine (C=N–C) groups is 1. The quantitative estimate of drug-likeness (QED) is 0.00853.